The second-order valence-corrected chi connectivity index (χ2v) is 25.1. The fourth-order valence-electron chi connectivity index (χ4n) is 9.22. The van der Waals surface area contributed by atoms with Crippen molar-refractivity contribution >= 4 is 59.1 Å². The van der Waals surface area contributed by atoms with E-state index in [1.165, 1.54) is 52.5 Å². The van der Waals surface area contributed by atoms with Crippen molar-refractivity contribution < 1.29 is 53.1 Å². The van der Waals surface area contributed by atoms with Crippen molar-refractivity contribution in [2.24, 2.45) is 17.8 Å². The molecule has 81 heavy (non-hydrogen) atoms. The van der Waals surface area contributed by atoms with E-state index < -0.39 is 106 Å². The zero-order valence-corrected chi connectivity index (χ0v) is 52.4. The van der Waals surface area contributed by atoms with Gasteiger partial charge in [-0.15, -0.1) is 0 Å². The van der Waals surface area contributed by atoms with Crippen LogP contribution in [0.5, 0.6) is 0 Å². The number of likely N-dealkylation sites (N-methyl/N-ethyl adjacent to an activating group) is 1. The van der Waals surface area contributed by atoms with Crippen LogP contribution in [0.1, 0.15) is 194 Å². The summed E-state index contributed by atoms with van der Waals surface area (Å²) in [4.78, 5) is 141. The molecule has 1 fully saturated rings. The van der Waals surface area contributed by atoms with Crippen LogP contribution >= 0.6 is 0 Å². The van der Waals surface area contributed by atoms with E-state index in [9.17, 15) is 53.1 Å². The van der Waals surface area contributed by atoms with Crippen molar-refractivity contribution in [2.45, 2.75) is 253 Å². The molecular formula is C59H107N11O11. The molecule has 22 nitrogen and oxygen atoms in total. The fraction of sp³-hybridized carbons (Fsp3) is 0.797. The predicted octanol–water partition coefficient (Wildman–Crippen LogP) is 3.39. The van der Waals surface area contributed by atoms with E-state index in [2.05, 4.69) is 54.8 Å². The molecule has 1 heterocycles. The van der Waals surface area contributed by atoms with Crippen molar-refractivity contribution in [3.05, 3.63) is 12.2 Å². The second-order valence-electron chi connectivity index (χ2n) is 25.1. The number of amides is 10. The molecule has 0 aromatic carbocycles. The quantitative estimate of drug-likeness (QED) is 0.0317. The van der Waals surface area contributed by atoms with Crippen LogP contribution < -0.4 is 47.9 Å². The number of nitrogens with zero attached hydrogens (tertiary/aromatic N) is 2. The first kappa shape index (κ1) is 73.4. The Hall–Kier alpha value is -5.64. The van der Waals surface area contributed by atoms with Gasteiger partial charge in [0.2, 0.25) is 59.1 Å². The molecule has 0 bridgehead atoms. The molecule has 1 aliphatic rings. The van der Waals surface area contributed by atoms with Crippen LogP contribution in [0.15, 0.2) is 12.2 Å². The van der Waals surface area contributed by atoms with Gasteiger partial charge in [0.05, 0.1) is 6.10 Å². The summed E-state index contributed by atoms with van der Waals surface area (Å²) in [5.74, 6) is -6.95. The summed E-state index contributed by atoms with van der Waals surface area (Å²) >= 11 is 0. The highest BCUT2D eigenvalue weighted by molar-refractivity contribution is 6.00. The van der Waals surface area contributed by atoms with E-state index in [-0.39, 0.29) is 61.9 Å². The summed E-state index contributed by atoms with van der Waals surface area (Å²) in [5.41, 5.74) is -4.81. The Balaban J connectivity index is 3.31. The lowest BCUT2D eigenvalue weighted by molar-refractivity contribution is -0.140. The first-order chi connectivity index (χ1) is 37.6. The van der Waals surface area contributed by atoms with Gasteiger partial charge in [-0.3, -0.25) is 47.9 Å². The summed E-state index contributed by atoms with van der Waals surface area (Å²) < 4.78 is 0. The standard InChI is InChI=1S/C59H107N11O11/c1-18-20-22-23-24-26-28-41(62-52(77)44-29-27-33-70(44)46(72)30-25-21-19-2)49(74)65-47(48(73)39(7)8)53(78)67-58(12,13)55(80)64-42(34-37(3)4)50(75)63-43(35-38(5)6)51(76)66-59(14,15)56(81)68-57(10,11)54(79)60-32-31-45(71)61-40(9)36-69(16)17/h25,30,37-44,47-48,73H,18-24,26-29,31-36H2,1-17H3,(H,60,79)(H,61,71)(H,62,77)(H,63,75)(H,64,80)(H,65,74)(H,66,76)(H,67,78)(H,68,81)/b30-25+/t40-,41-,42-,43-,44-,47-,48+/m0/s1. The molecule has 0 spiro atoms. The van der Waals surface area contributed by atoms with Crippen LogP contribution in [0.3, 0.4) is 0 Å². The lowest BCUT2D eigenvalue weighted by atomic mass is 9.95. The van der Waals surface area contributed by atoms with Crippen molar-refractivity contribution in [2.75, 3.05) is 33.7 Å². The minimum atomic E-state index is -1.75. The van der Waals surface area contributed by atoms with Gasteiger partial charge in [-0.2, -0.15) is 0 Å². The third kappa shape index (κ3) is 26.9. The highest BCUT2D eigenvalue weighted by atomic mass is 16.3. The number of unbranched alkanes of at least 4 members (excludes halogenated alkanes) is 6. The van der Waals surface area contributed by atoms with Crippen LogP contribution in [-0.2, 0) is 47.9 Å². The van der Waals surface area contributed by atoms with Crippen LogP contribution in [0.4, 0.5) is 0 Å². The minimum absolute atomic E-state index is 0.0214. The molecule has 0 aromatic heterocycles. The third-order valence-corrected chi connectivity index (χ3v) is 14.0. The van der Waals surface area contributed by atoms with Crippen LogP contribution in [0.25, 0.3) is 0 Å². The number of carbonyl (C=O) groups excluding carboxylic acids is 10. The second kappa shape index (κ2) is 35.4. The molecule has 464 valence electrons. The molecular weight excluding hydrogens is 1040 g/mol. The number of carbonyl (C=O) groups is 10. The zero-order chi connectivity index (χ0) is 62.0. The summed E-state index contributed by atoms with van der Waals surface area (Å²) in [6.45, 7) is 26.4. The highest BCUT2D eigenvalue weighted by Gasteiger charge is 2.42. The number of hydrogen-bond acceptors (Lipinski definition) is 12. The zero-order valence-electron chi connectivity index (χ0n) is 52.4. The van der Waals surface area contributed by atoms with Gasteiger partial charge in [-0.25, -0.2) is 0 Å². The van der Waals surface area contributed by atoms with Gasteiger partial charge in [0, 0.05) is 32.1 Å². The van der Waals surface area contributed by atoms with Crippen molar-refractivity contribution in [3.8, 4) is 0 Å². The molecule has 1 aliphatic heterocycles. The third-order valence-electron chi connectivity index (χ3n) is 14.0. The van der Waals surface area contributed by atoms with Gasteiger partial charge in [-0.1, -0.05) is 106 Å². The molecule has 0 aromatic rings. The van der Waals surface area contributed by atoms with E-state index in [0.29, 0.717) is 38.8 Å². The highest BCUT2D eigenvalue weighted by Crippen LogP contribution is 2.20. The molecule has 0 aliphatic carbocycles. The molecule has 0 saturated carbocycles. The maximum Gasteiger partial charge on any atom is 0.246 e. The van der Waals surface area contributed by atoms with E-state index >= 15 is 0 Å². The summed E-state index contributed by atoms with van der Waals surface area (Å²) in [6, 6.07) is -6.01. The maximum absolute atomic E-state index is 14.3. The predicted molar refractivity (Wildman–Crippen MR) is 315 cm³/mol. The number of aliphatic hydroxyl groups is 1. The molecule has 1 saturated heterocycles. The first-order valence-electron chi connectivity index (χ1n) is 29.7. The number of nitrogens with one attached hydrogen (secondary N) is 9. The van der Waals surface area contributed by atoms with Crippen molar-refractivity contribution in [1.82, 2.24) is 57.7 Å². The van der Waals surface area contributed by atoms with Gasteiger partial charge in [-0.05, 0) is 125 Å². The van der Waals surface area contributed by atoms with E-state index in [1.807, 2.05) is 60.5 Å². The summed E-state index contributed by atoms with van der Waals surface area (Å²) in [5, 5.41) is 36.1. The van der Waals surface area contributed by atoms with E-state index in [1.54, 1.807) is 19.9 Å². The SMILES string of the molecule is CCC/C=C/C(=O)N1CCC[C@H]1C(=O)N[C@@H](CCCCCCCC)C(=O)N[C@H](C(=O)NC(C)(C)C(=O)N[C@@H](CC(C)C)C(=O)N[C@@H](CC(C)C)C(=O)NC(C)(C)C(=O)NC(C)(C)C(=O)NCCC(=O)N[C@@H](C)CN(C)C)[C@H](O)C(C)C. The largest absolute Gasteiger partial charge is 0.390 e. The van der Waals surface area contributed by atoms with Crippen LogP contribution in [0.2, 0.25) is 0 Å². The average Bonchev–Trinajstić information content (AvgIpc) is 3.85. The van der Waals surface area contributed by atoms with Crippen LogP contribution in [-0.4, -0.2) is 167 Å². The van der Waals surface area contributed by atoms with Gasteiger partial charge in [0.15, 0.2) is 0 Å². The lowest BCUT2D eigenvalue weighted by Crippen LogP contribution is -2.66. The fourth-order valence-corrected chi connectivity index (χ4v) is 9.22. The monoisotopic (exact) mass is 1150 g/mol. The molecule has 10 N–H and O–H groups in total. The maximum atomic E-state index is 14.3. The topological polar surface area (TPSA) is 306 Å². The Morgan fingerprint density at radius 2 is 1.16 bits per heavy atom. The number of hydrogen-bond donors (Lipinski definition) is 10. The first-order valence-corrected chi connectivity index (χ1v) is 29.7. The number of rotatable bonds is 37. The molecule has 1 rings (SSSR count). The normalized spacial score (nSPS) is 16.3. The molecule has 22 heteroatoms. The van der Waals surface area contributed by atoms with Gasteiger partial charge >= 0.3 is 0 Å². The van der Waals surface area contributed by atoms with E-state index in [0.717, 1.165) is 38.5 Å². The Kier molecular flexibility index (Phi) is 32.0. The van der Waals surface area contributed by atoms with Crippen molar-refractivity contribution in [3.63, 3.8) is 0 Å². The number of likely N-dealkylation sites (tertiary alicyclic amines) is 1. The van der Waals surface area contributed by atoms with Gasteiger partial charge in [0.25, 0.3) is 0 Å². The van der Waals surface area contributed by atoms with E-state index in [4.69, 9.17) is 0 Å². The van der Waals surface area contributed by atoms with Crippen LogP contribution in [0, 0.1) is 17.8 Å². The summed E-state index contributed by atoms with van der Waals surface area (Å²) in [7, 11) is 3.79. The molecule has 10 amide bonds. The molecule has 0 radical (unpaired) electrons. The molecule has 7 atom stereocenters. The smallest absolute Gasteiger partial charge is 0.246 e. The Morgan fingerprint density at radius 1 is 0.617 bits per heavy atom. The molecule has 0 unspecified atom stereocenters. The summed E-state index contributed by atoms with van der Waals surface area (Å²) in [6.07, 6.45) is 10.3. The van der Waals surface area contributed by atoms with Gasteiger partial charge in [0.1, 0.15) is 46.8 Å². The minimum Gasteiger partial charge on any atom is -0.390 e. The number of aliphatic hydroxyl groups excluding tert-OH is 1. The lowest BCUT2D eigenvalue weighted by Gasteiger charge is -2.34. The Morgan fingerprint density at radius 3 is 1.73 bits per heavy atom. The Labute approximate surface area is 484 Å². The van der Waals surface area contributed by atoms with Gasteiger partial charge < -0.3 is 62.8 Å². The van der Waals surface area contributed by atoms with Crippen molar-refractivity contribution in [1.29, 1.82) is 0 Å². The Bertz CT molecular complexity index is 2110. The average molecular weight is 1150 g/mol. The number of allylic oxidation sites excluding steroid dienone is 1.